The normalized spacial score (nSPS) is 10.4. The number of benzene rings is 2. The van der Waals surface area contributed by atoms with Gasteiger partial charge < -0.3 is 9.47 Å². The Morgan fingerprint density at radius 1 is 1.08 bits per heavy atom. The Balaban J connectivity index is 1.68. The minimum Gasteiger partial charge on any atom is -0.465 e. The molecule has 0 saturated carbocycles. The van der Waals surface area contributed by atoms with Gasteiger partial charge in [-0.2, -0.15) is 5.10 Å². The van der Waals surface area contributed by atoms with Crippen LogP contribution in [-0.4, -0.2) is 28.8 Å². The van der Waals surface area contributed by atoms with Gasteiger partial charge in [0.25, 0.3) is 0 Å². The lowest BCUT2D eigenvalue weighted by molar-refractivity contribution is 0.0472. The molecule has 3 rings (SSSR count). The zero-order valence-corrected chi connectivity index (χ0v) is 13.9. The highest BCUT2D eigenvalue weighted by Crippen LogP contribution is 2.14. The molecule has 0 radical (unpaired) electrons. The number of carbonyl (C=O) groups is 2. The molecule has 1 heterocycles. The number of ether oxygens (including phenoxy) is 2. The van der Waals surface area contributed by atoms with Gasteiger partial charge in [0.15, 0.2) is 0 Å². The van der Waals surface area contributed by atoms with Crippen molar-refractivity contribution in [2.24, 2.45) is 0 Å². The first-order valence-corrected chi connectivity index (χ1v) is 7.72. The van der Waals surface area contributed by atoms with E-state index >= 15 is 0 Å². The first-order chi connectivity index (χ1) is 12.6. The maximum absolute atomic E-state index is 13.8. The third-order valence-corrected chi connectivity index (χ3v) is 3.64. The molecule has 1 aromatic heterocycles. The Kier molecular flexibility index (Phi) is 5.07. The standard InChI is InChI=1S/C19H15FN2O4/c1-25-18(23)14-6-4-5-13(9-14)12-26-19(24)15-10-21-22(11-15)17-8-3-2-7-16(17)20/h2-11H,12H2,1H3. The Bertz CT molecular complexity index is 952. The zero-order valence-electron chi connectivity index (χ0n) is 13.9. The molecule has 0 aliphatic heterocycles. The molecule has 0 fully saturated rings. The van der Waals surface area contributed by atoms with Crippen molar-refractivity contribution < 1.29 is 23.5 Å². The van der Waals surface area contributed by atoms with Gasteiger partial charge in [-0.05, 0) is 29.8 Å². The van der Waals surface area contributed by atoms with E-state index in [4.69, 9.17) is 4.74 Å². The molecule has 0 amide bonds. The van der Waals surface area contributed by atoms with E-state index in [0.29, 0.717) is 11.1 Å². The molecule has 0 spiro atoms. The number of nitrogens with zero attached hydrogens (tertiary/aromatic N) is 2. The number of aromatic nitrogens is 2. The number of hydrogen-bond donors (Lipinski definition) is 0. The van der Waals surface area contributed by atoms with Crippen LogP contribution in [-0.2, 0) is 16.1 Å². The molecule has 26 heavy (non-hydrogen) atoms. The lowest BCUT2D eigenvalue weighted by Gasteiger charge is -2.05. The second-order valence-electron chi connectivity index (χ2n) is 5.39. The van der Waals surface area contributed by atoms with Crippen LogP contribution in [0.3, 0.4) is 0 Å². The second kappa shape index (κ2) is 7.60. The quantitative estimate of drug-likeness (QED) is 0.658. The molecule has 0 aliphatic rings. The fourth-order valence-corrected chi connectivity index (χ4v) is 2.34. The van der Waals surface area contributed by atoms with E-state index < -0.39 is 17.8 Å². The second-order valence-corrected chi connectivity index (χ2v) is 5.39. The van der Waals surface area contributed by atoms with Gasteiger partial charge in [-0.1, -0.05) is 24.3 Å². The Labute approximate surface area is 148 Å². The number of carbonyl (C=O) groups excluding carboxylic acids is 2. The van der Waals surface area contributed by atoms with Crippen LogP contribution >= 0.6 is 0 Å². The average molecular weight is 354 g/mol. The highest BCUT2D eigenvalue weighted by atomic mass is 19.1. The number of para-hydroxylation sites is 1. The molecule has 0 bridgehead atoms. The zero-order chi connectivity index (χ0) is 18.5. The molecular formula is C19H15FN2O4. The minimum atomic E-state index is -0.601. The fourth-order valence-electron chi connectivity index (χ4n) is 2.34. The predicted molar refractivity (Wildman–Crippen MR) is 90.4 cm³/mol. The summed E-state index contributed by atoms with van der Waals surface area (Å²) in [5.74, 6) is -1.52. The molecular weight excluding hydrogens is 339 g/mol. The summed E-state index contributed by atoms with van der Waals surface area (Å²) in [6, 6.07) is 12.7. The highest BCUT2D eigenvalue weighted by Gasteiger charge is 2.13. The number of halogens is 1. The van der Waals surface area contributed by atoms with Crippen molar-refractivity contribution in [3.05, 3.63) is 83.4 Å². The van der Waals surface area contributed by atoms with E-state index in [1.54, 1.807) is 42.5 Å². The number of esters is 2. The van der Waals surface area contributed by atoms with Crippen LogP contribution in [0.4, 0.5) is 4.39 Å². The van der Waals surface area contributed by atoms with Crippen LogP contribution in [0.25, 0.3) is 5.69 Å². The van der Waals surface area contributed by atoms with E-state index in [1.165, 1.54) is 30.3 Å². The Hall–Kier alpha value is -3.48. The minimum absolute atomic E-state index is 0.0193. The van der Waals surface area contributed by atoms with E-state index in [9.17, 15) is 14.0 Å². The molecule has 0 saturated heterocycles. The van der Waals surface area contributed by atoms with Crippen LogP contribution in [0.2, 0.25) is 0 Å². The lowest BCUT2D eigenvalue weighted by atomic mass is 10.1. The molecule has 0 N–H and O–H groups in total. The van der Waals surface area contributed by atoms with Crippen LogP contribution in [0.15, 0.2) is 60.9 Å². The van der Waals surface area contributed by atoms with Crippen molar-refractivity contribution in [1.82, 2.24) is 9.78 Å². The summed E-state index contributed by atoms with van der Waals surface area (Å²) in [6.45, 7) is -0.0193. The first-order valence-electron chi connectivity index (χ1n) is 7.72. The predicted octanol–water partition coefficient (Wildman–Crippen LogP) is 3.16. The van der Waals surface area contributed by atoms with Gasteiger partial charge in [0, 0.05) is 6.20 Å². The summed E-state index contributed by atoms with van der Waals surface area (Å²) in [5, 5.41) is 3.99. The monoisotopic (exact) mass is 354 g/mol. The Morgan fingerprint density at radius 2 is 1.88 bits per heavy atom. The maximum atomic E-state index is 13.8. The maximum Gasteiger partial charge on any atom is 0.341 e. The third kappa shape index (κ3) is 3.77. The summed E-state index contributed by atoms with van der Waals surface area (Å²) < 4.78 is 24.9. The van der Waals surface area contributed by atoms with Gasteiger partial charge in [-0.15, -0.1) is 0 Å². The highest BCUT2D eigenvalue weighted by molar-refractivity contribution is 5.90. The van der Waals surface area contributed by atoms with Crippen molar-refractivity contribution in [3.8, 4) is 5.69 Å². The molecule has 2 aromatic carbocycles. The fraction of sp³-hybridized carbons (Fsp3) is 0.105. The van der Waals surface area contributed by atoms with E-state index in [2.05, 4.69) is 9.84 Å². The van der Waals surface area contributed by atoms with Crippen LogP contribution < -0.4 is 0 Å². The van der Waals surface area contributed by atoms with Gasteiger partial charge >= 0.3 is 11.9 Å². The van der Waals surface area contributed by atoms with Gasteiger partial charge in [-0.3, -0.25) is 0 Å². The van der Waals surface area contributed by atoms with Crippen LogP contribution in [0.5, 0.6) is 0 Å². The third-order valence-electron chi connectivity index (χ3n) is 3.64. The van der Waals surface area contributed by atoms with Gasteiger partial charge in [-0.25, -0.2) is 18.7 Å². The van der Waals surface area contributed by atoms with Crippen molar-refractivity contribution in [2.45, 2.75) is 6.61 Å². The molecule has 0 aliphatic carbocycles. The SMILES string of the molecule is COC(=O)c1cccc(COC(=O)c2cnn(-c3ccccc3F)c2)c1. The summed E-state index contributed by atoms with van der Waals surface area (Å²) in [5.41, 5.74) is 1.44. The number of methoxy groups -OCH3 is 1. The van der Waals surface area contributed by atoms with Crippen LogP contribution in [0, 0.1) is 5.82 Å². The lowest BCUT2D eigenvalue weighted by Crippen LogP contribution is -2.06. The molecule has 0 unspecified atom stereocenters. The van der Waals surface area contributed by atoms with Crippen molar-refractivity contribution in [1.29, 1.82) is 0 Å². The summed E-state index contributed by atoms with van der Waals surface area (Å²) in [7, 11) is 1.29. The summed E-state index contributed by atoms with van der Waals surface area (Å²) >= 11 is 0. The first kappa shape index (κ1) is 17.3. The number of rotatable bonds is 5. The van der Waals surface area contributed by atoms with E-state index in [1.807, 2.05) is 0 Å². The molecule has 0 atom stereocenters. The van der Waals surface area contributed by atoms with Crippen LogP contribution in [0.1, 0.15) is 26.3 Å². The molecule has 7 heteroatoms. The van der Waals surface area contributed by atoms with E-state index in [0.717, 1.165) is 0 Å². The van der Waals surface area contributed by atoms with Gasteiger partial charge in [0.2, 0.25) is 0 Å². The van der Waals surface area contributed by atoms with Gasteiger partial charge in [0.05, 0.1) is 24.4 Å². The van der Waals surface area contributed by atoms with Crippen molar-refractivity contribution >= 4 is 11.9 Å². The molecule has 6 nitrogen and oxygen atoms in total. The molecule has 132 valence electrons. The average Bonchev–Trinajstić information content (AvgIpc) is 3.16. The topological polar surface area (TPSA) is 70.4 Å². The van der Waals surface area contributed by atoms with E-state index in [-0.39, 0.29) is 17.9 Å². The van der Waals surface area contributed by atoms with Gasteiger partial charge in [0.1, 0.15) is 18.1 Å². The summed E-state index contributed by atoms with van der Waals surface area (Å²) in [4.78, 5) is 23.7. The van der Waals surface area contributed by atoms with Crippen molar-refractivity contribution in [3.63, 3.8) is 0 Å². The number of hydrogen-bond acceptors (Lipinski definition) is 5. The largest absolute Gasteiger partial charge is 0.465 e. The summed E-state index contributed by atoms with van der Waals surface area (Å²) in [6.07, 6.45) is 2.70. The smallest absolute Gasteiger partial charge is 0.341 e. The van der Waals surface area contributed by atoms with Crippen molar-refractivity contribution in [2.75, 3.05) is 7.11 Å². The Morgan fingerprint density at radius 3 is 2.65 bits per heavy atom. The molecule has 3 aromatic rings.